The predicted molar refractivity (Wildman–Crippen MR) is 78.1 cm³/mol. The molecule has 8 nitrogen and oxygen atoms in total. The van der Waals surface area contributed by atoms with Crippen molar-refractivity contribution in [1.29, 1.82) is 0 Å². The molecule has 0 radical (unpaired) electrons. The van der Waals surface area contributed by atoms with Crippen LogP contribution in [-0.4, -0.2) is 34.9 Å². The molecule has 9 heteroatoms. The largest absolute Gasteiger partial charge is 0.320 e. The van der Waals surface area contributed by atoms with Crippen molar-refractivity contribution in [2.45, 2.75) is 19.3 Å². The monoisotopic (exact) mass is 325 g/mol. The summed E-state index contributed by atoms with van der Waals surface area (Å²) in [6.07, 6.45) is 0. The number of benzene rings is 1. The standard InChI is InChI=1S/C13H15N3O5S/c1-13(2,8-22(18,19)20)11-10(15-21-16-11)12(17)14-9-6-4-3-5-7-9/h3-7H,8H2,1-2H3,(H,14,17)(H,18,19,20). The molecule has 0 aliphatic rings. The van der Waals surface area contributed by atoms with Crippen LogP contribution in [0.25, 0.3) is 0 Å². The quantitative estimate of drug-likeness (QED) is 0.798. The van der Waals surface area contributed by atoms with Gasteiger partial charge in [0, 0.05) is 11.1 Å². The fourth-order valence-electron chi connectivity index (χ4n) is 2.02. The van der Waals surface area contributed by atoms with Crippen LogP contribution in [0.3, 0.4) is 0 Å². The van der Waals surface area contributed by atoms with E-state index in [0.717, 1.165) is 0 Å². The van der Waals surface area contributed by atoms with Gasteiger partial charge in [-0.1, -0.05) is 37.2 Å². The Morgan fingerprint density at radius 2 is 1.91 bits per heavy atom. The smallest absolute Gasteiger partial charge is 0.279 e. The molecule has 1 aromatic carbocycles. The van der Waals surface area contributed by atoms with Crippen molar-refractivity contribution >= 4 is 21.7 Å². The number of rotatable bonds is 5. The average molecular weight is 325 g/mol. The van der Waals surface area contributed by atoms with Crippen LogP contribution in [0.4, 0.5) is 5.69 Å². The first-order valence-electron chi connectivity index (χ1n) is 6.34. The van der Waals surface area contributed by atoms with Crippen molar-refractivity contribution in [2.75, 3.05) is 11.1 Å². The second-order valence-corrected chi connectivity index (χ2v) is 6.84. The zero-order valence-corrected chi connectivity index (χ0v) is 12.8. The first kappa shape index (κ1) is 16.1. The first-order valence-corrected chi connectivity index (χ1v) is 7.94. The number of hydrogen-bond donors (Lipinski definition) is 2. The van der Waals surface area contributed by atoms with Gasteiger partial charge in [0.15, 0.2) is 5.69 Å². The van der Waals surface area contributed by atoms with Crippen LogP contribution >= 0.6 is 0 Å². The molecule has 1 amide bonds. The molecule has 2 rings (SSSR count). The van der Waals surface area contributed by atoms with Crippen LogP contribution in [0, 0.1) is 0 Å². The molecule has 0 unspecified atom stereocenters. The predicted octanol–water partition coefficient (Wildman–Crippen LogP) is 1.49. The van der Waals surface area contributed by atoms with Crippen molar-refractivity contribution < 1.29 is 22.4 Å². The molecule has 1 aromatic heterocycles. The maximum absolute atomic E-state index is 12.2. The molecule has 0 aliphatic heterocycles. The number of para-hydroxylation sites is 1. The highest BCUT2D eigenvalue weighted by Gasteiger charge is 2.35. The van der Waals surface area contributed by atoms with Crippen molar-refractivity contribution in [3.8, 4) is 0 Å². The van der Waals surface area contributed by atoms with Gasteiger partial charge < -0.3 is 5.32 Å². The molecule has 0 saturated heterocycles. The van der Waals surface area contributed by atoms with Gasteiger partial charge in [0.05, 0.1) is 5.75 Å². The summed E-state index contributed by atoms with van der Waals surface area (Å²) < 4.78 is 35.8. The Morgan fingerprint density at radius 3 is 2.50 bits per heavy atom. The van der Waals surface area contributed by atoms with E-state index in [1.54, 1.807) is 30.3 Å². The summed E-state index contributed by atoms with van der Waals surface area (Å²) in [4.78, 5) is 12.2. The SMILES string of the molecule is CC(C)(CS(=O)(=O)O)c1nonc1C(=O)Nc1ccccc1. The second kappa shape index (κ2) is 5.85. The fourth-order valence-corrected chi connectivity index (χ4v) is 3.07. The minimum Gasteiger partial charge on any atom is -0.320 e. The number of carbonyl (C=O) groups is 1. The number of anilines is 1. The van der Waals surface area contributed by atoms with Crippen molar-refractivity contribution in [3.63, 3.8) is 0 Å². The van der Waals surface area contributed by atoms with Gasteiger partial charge in [0.25, 0.3) is 16.0 Å². The van der Waals surface area contributed by atoms with E-state index in [4.69, 9.17) is 4.55 Å². The molecule has 0 saturated carbocycles. The third-order valence-electron chi connectivity index (χ3n) is 2.92. The highest BCUT2D eigenvalue weighted by Crippen LogP contribution is 2.26. The Bertz CT molecular complexity index is 768. The Labute approximate surface area is 127 Å². The number of nitrogens with one attached hydrogen (secondary N) is 1. The Kier molecular flexibility index (Phi) is 4.29. The summed E-state index contributed by atoms with van der Waals surface area (Å²) in [5.41, 5.74) is -0.665. The lowest BCUT2D eigenvalue weighted by Gasteiger charge is -2.20. The van der Waals surface area contributed by atoms with E-state index in [0.29, 0.717) is 5.69 Å². The molecule has 0 aliphatic carbocycles. The van der Waals surface area contributed by atoms with E-state index in [1.165, 1.54) is 13.8 Å². The molecule has 2 N–H and O–H groups in total. The molecule has 0 spiro atoms. The summed E-state index contributed by atoms with van der Waals surface area (Å²) >= 11 is 0. The number of hydrogen-bond acceptors (Lipinski definition) is 6. The average Bonchev–Trinajstić information content (AvgIpc) is 2.87. The van der Waals surface area contributed by atoms with E-state index in [2.05, 4.69) is 20.3 Å². The lowest BCUT2D eigenvalue weighted by Crippen LogP contribution is -2.31. The van der Waals surface area contributed by atoms with Gasteiger partial charge in [-0.25, -0.2) is 4.63 Å². The van der Waals surface area contributed by atoms with E-state index >= 15 is 0 Å². The minimum absolute atomic E-state index is 0.0542. The molecule has 2 aromatic rings. The number of amides is 1. The highest BCUT2D eigenvalue weighted by molar-refractivity contribution is 7.85. The number of nitrogens with zero attached hydrogens (tertiary/aromatic N) is 2. The Balaban J connectivity index is 2.27. The van der Waals surface area contributed by atoms with Crippen molar-refractivity contribution in [3.05, 3.63) is 41.7 Å². The summed E-state index contributed by atoms with van der Waals surface area (Å²) in [6.45, 7) is 3.03. The molecule has 0 fully saturated rings. The molecule has 0 atom stereocenters. The van der Waals surface area contributed by atoms with Crippen LogP contribution in [-0.2, 0) is 15.5 Å². The molecule has 1 heterocycles. The lowest BCUT2D eigenvalue weighted by atomic mass is 9.90. The van der Waals surface area contributed by atoms with Gasteiger partial charge in [0.1, 0.15) is 5.69 Å². The van der Waals surface area contributed by atoms with Crippen LogP contribution in [0.15, 0.2) is 35.0 Å². The van der Waals surface area contributed by atoms with E-state index < -0.39 is 27.2 Å². The number of aromatic nitrogens is 2. The molecule has 118 valence electrons. The Morgan fingerprint density at radius 1 is 1.27 bits per heavy atom. The maximum Gasteiger partial charge on any atom is 0.279 e. The van der Waals surface area contributed by atoms with E-state index in [-0.39, 0.29) is 11.4 Å². The zero-order chi connectivity index (χ0) is 16.4. The summed E-state index contributed by atoms with van der Waals surface area (Å²) in [6, 6.07) is 8.68. The number of carbonyl (C=O) groups excluding carboxylic acids is 1. The van der Waals surface area contributed by atoms with Gasteiger partial charge >= 0.3 is 0 Å². The molecular formula is C13H15N3O5S. The topological polar surface area (TPSA) is 122 Å². The van der Waals surface area contributed by atoms with Crippen LogP contribution < -0.4 is 5.32 Å². The minimum atomic E-state index is -4.25. The summed E-state index contributed by atoms with van der Waals surface area (Å²) in [5.74, 6) is -1.19. The molecular weight excluding hydrogens is 310 g/mol. The van der Waals surface area contributed by atoms with E-state index in [1.807, 2.05) is 0 Å². The van der Waals surface area contributed by atoms with Gasteiger partial charge in [-0.3, -0.25) is 9.35 Å². The first-order chi connectivity index (χ1) is 10.2. The molecule has 22 heavy (non-hydrogen) atoms. The highest BCUT2D eigenvalue weighted by atomic mass is 32.2. The molecule has 0 bridgehead atoms. The fraction of sp³-hybridized carbons (Fsp3) is 0.308. The van der Waals surface area contributed by atoms with Gasteiger partial charge in [0.2, 0.25) is 0 Å². The summed E-state index contributed by atoms with van der Waals surface area (Å²) in [5, 5.41) is 9.75. The normalized spacial score (nSPS) is 12.1. The van der Waals surface area contributed by atoms with Crippen LogP contribution in [0.5, 0.6) is 0 Å². The van der Waals surface area contributed by atoms with Crippen LogP contribution in [0.1, 0.15) is 30.0 Å². The van der Waals surface area contributed by atoms with Crippen molar-refractivity contribution in [2.24, 2.45) is 0 Å². The van der Waals surface area contributed by atoms with Gasteiger partial charge in [-0.15, -0.1) is 0 Å². The lowest BCUT2D eigenvalue weighted by molar-refractivity contribution is 0.101. The van der Waals surface area contributed by atoms with Gasteiger partial charge in [-0.05, 0) is 17.3 Å². The second-order valence-electron chi connectivity index (χ2n) is 5.39. The third-order valence-corrected chi connectivity index (χ3v) is 4.01. The Hall–Kier alpha value is -2.26. The third kappa shape index (κ3) is 3.89. The van der Waals surface area contributed by atoms with Crippen LogP contribution in [0.2, 0.25) is 0 Å². The summed E-state index contributed by atoms with van der Waals surface area (Å²) in [7, 11) is -4.25. The zero-order valence-electron chi connectivity index (χ0n) is 12.0. The van der Waals surface area contributed by atoms with Crippen molar-refractivity contribution in [1.82, 2.24) is 10.3 Å². The maximum atomic E-state index is 12.2. The van der Waals surface area contributed by atoms with Gasteiger partial charge in [-0.2, -0.15) is 8.42 Å². The van der Waals surface area contributed by atoms with E-state index in [9.17, 15) is 13.2 Å².